The lowest BCUT2D eigenvalue weighted by Gasteiger charge is -2.05. The fourth-order valence-electron chi connectivity index (χ4n) is 1.58. The lowest BCUT2D eigenvalue weighted by molar-refractivity contribution is -0.137. The molecule has 2 N–H and O–H groups in total. The zero-order chi connectivity index (χ0) is 15.4. The number of rotatable bonds is 5. The highest BCUT2D eigenvalue weighted by molar-refractivity contribution is 9.10. The molecule has 0 unspecified atom stereocenters. The number of benzene rings is 1. The van der Waals surface area contributed by atoms with Gasteiger partial charge in [0.15, 0.2) is 0 Å². The van der Waals surface area contributed by atoms with E-state index in [0.29, 0.717) is 5.69 Å². The first-order valence-electron chi connectivity index (χ1n) is 5.80. The zero-order valence-electron chi connectivity index (χ0n) is 10.6. The average Bonchev–Trinajstić information content (AvgIpc) is 2.86. The van der Waals surface area contributed by atoms with E-state index in [1.807, 2.05) is 0 Å². The summed E-state index contributed by atoms with van der Waals surface area (Å²) in [5.74, 6) is -2.05. The second-order valence-corrected chi connectivity index (χ2v) is 4.88. The van der Waals surface area contributed by atoms with Crippen molar-refractivity contribution in [2.24, 2.45) is 0 Å². The standard InChI is InChI=1S/C12H10BrFN4O3/c13-11-8(2-1-3-9(11)14)12(21)15-4-7-5-18(17-16-7)6-10(19)20/h1-3,5H,4,6H2,(H,15,21)(H,19,20). The third kappa shape index (κ3) is 3.85. The predicted octanol–water partition coefficient (Wildman–Crippen LogP) is 1.19. The van der Waals surface area contributed by atoms with Crippen LogP contribution in [0.2, 0.25) is 0 Å². The molecule has 1 amide bonds. The van der Waals surface area contributed by atoms with Gasteiger partial charge in [0.1, 0.15) is 18.1 Å². The molecular formula is C12H10BrFN4O3. The Kier molecular flexibility index (Phi) is 4.63. The fourth-order valence-corrected chi connectivity index (χ4v) is 2.03. The monoisotopic (exact) mass is 356 g/mol. The third-order valence-corrected chi connectivity index (χ3v) is 3.32. The van der Waals surface area contributed by atoms with Gasteiger partial charge in [0.05, 0.1) is 22.8 Å². The molecule has 0 aliphatic carbocycles. The van der Waals surface area contributed by atoms with E-state index in [4.69, 9.17) is 5.11 Å². The normalized spacial score (nSPS) is 10.4. The van der Waals surface area contributed by atoms with Crippen LogP contribution in [0.1, 0.15) is 16.1 Å². The van der Waals surface area contributed by atoms with Crippen LogP contribution in [0.15, 0.2) is 28.9 Å². The van der Waals surface area contributed by atoms with Crippen LogP contribution in [0, 0.1) is 5.82 Å². The van der Waals surface area contributed by atoms with Gasteiger partial charge in [-0.3, -0.25) is 9.59 Å². The van der Waals surface area contributed by atoms with Gasteiger partial charge in [0.25, 0.3) is 5.91 Å². The van der Waals surface area contributed by atoms with Crippen LogP contribution in [-0.4, -0.2) is 32.0 Å². The summed E-state index contributed by atoms with van der Waals surface area (Å²) in [5.41, 5.74) is 0.560. The predicted molar refractivity (Wildman–Crippen MR) is 72.9 cm³/mol. The van der Waals surface area contributed by atoms with Crippen molar-refractivity contribution < 1.29 is 19.1 Å². The average molecular weight is 357 g/mol. The lowest BCUT2D eigenvalue weighted by atomic mass is 10.2. The summed E-state index contributed by atoms with van der Waals surface area (Å²) in [5, 5.41) is 18.5. The van der Waals surface area contributed by atoms with Gasteiger partial charge in [-0.1, -0.05) is 11.3 Å². The number of amides is 1. The molecule has 0 fully saturated rings. The SMILES string of the molecule is O=C(O)Cn1cc(CNC(=O)c2cccc(F)c2Br)nn1. The van der Waals surface area contributed by atoms with E-state index in [0.717, 1.165) is 4.68 Å². The van der Waals surface area contributed by atoms with E-state index in [1.54, 1.807) is 0 Å². The number of hydrogen-bond acceptors (Lipinski definition) is 4. The fraction of sp³-hybridized carbons (Fsp3) is 0.167. The molecule has 0 atom stereocenters. The number of aromatic nitrogens is 3. The Balaban J connectivity index is 1.99. The number of hydrogen-bond donors (Lipinski definition) is 2. The van der Waals surface area contributed by atoms with Crippen LogP contribution in [-0.2, 0) is 17.9 Å². The minimum atomic E-state index is -1.04. The minimum absolute atomic E-state index is 0.0570. The number of carboxylic acid groups (broad SMARTS) is 1. The molecule has 0 aliphatic heterocycles. The van der Waals surface area contributed by atoms with Crippen LogP contribution < -0.4 is 5.32 Å². The number of carbonyl (C=O) groups is 2. The number of halogens is 2. The van der Waals surface area contributed by atoms with Crippen molar-refractivity contribution in [3.8, 4) is 0 Å². The Morgan fingerprint density at radius 2 is 2.19 bits per heavy atom. The number of aliphatic carboxylic acids is 1. The first-order chi connectivity index (χ1) is 9.97. The molecule has 0 saturated heterocycles. The summed E-state index contributed by atoms with van der Waals surface area (Å²) in [6.45, 7) is -0.252. The summed E-state index contributed by atoms with van der Waals surface area (Å²) in [7, 11) is 0. The quantitative estimate of drug-likeness (QED) is 0.838. The van der Waals surface area contributed by atoms with Crippen LogP contribution in [0.5, 0.6) is 0 Å². The summed E-state index contributed by atoms with van der Waals surface area (Å²) in [6.07, 6.45) is 1.41. The Bertz CT molecular complexity index is 689. The summed E-state index contributed by atoms with van der Waals surface area (Å²) in [6, 6.07) is 4.14. The molecule has 0 spiro atoms. The van der Waals surface area contributed by atoms with Gasteiger partial charge in [0.2, 0.25) is 0 Å². The molecule has 2 rings (SSSR count). The Morgan fingerprint density at radius 1 is 1.43 bits per heavy atom. The minimum Gasteiger partial charge on any atom is -0.480 e. The molecule has 21 heavy (non-hydrogen) atoms. The third-order valence-electron chi connectivity index (χ3n) is 2.51. The number of carbonyl (C=O) groups excluding carboxylic acids is 1. The molecular weight excluding hydrogens is 347 g/mol. The highest BCUT2D eigenvalue weighted by Crippen LogP contribution is 2.20. The maximum Gasteiger partial charge on any atom is 0.325 e. The first-order valence-corrected chi connectivity index (χ1v) is 6.59. The summed E-state index contributed by atoms with van der Waals surface area (Å²) < 4.78 is 14.5. The van der Waals surface area contributed by atoms with Crippen molar-refractivity contribution in [1.29, 1.82) is 0 Å². The zero-order valence-corrected chi connectivity index (χ0v) is 12.2. The highest BCUT2D eigenvalue weighted by atomic mass is 79.9. The summed E-state index contributed by atoms with van der Waals surface area (Å²) in [4.78, 5) is 22.4. The summed E-state index contributed by atoms with van der Waals surface area (Å²) >= 11 is 3.01. The van der Waals surface area contributed by atoms with E-state index in [1.165, 1.54) is 24.4 Å². The van der Waals surface area contributed by atoms with E-state index in [-0.39, 0.29) is 23.1 Å². The topological polar surface area (TPSA) is 97.1 Å². The smallest absolute Gasteiger partial charge is 0.325 e. The van der Waals surface area contributed by atoms with E-state index in [9.17, 15) is 14.0 Å². The van der Waals surface area contributed by atoms with Crippen molar-refractivity contribution in [1.82, 2.24) is 20.3 Å². The Labute approximate surface area is 126 Å². The van der Waals surface area contributed by atoms with E-state index in [2.05, 4.69) is 31.6 Å². The van der Waals surface area contributed by atoms with Crippen molar-refractivity contribution in [2.75, 3.05) is 0 Å². The molecule has 0 radical (unpaired) electrons. The molecule has 9 heteroatoms. The first kappa shape index (κ1) is 15.1. The molecule has 1 heterocycles. The molecule has 2 aromatic rings. The van der Waals surface area contributed by atoms with Crippen molar-refractivity contribution in [3.63, 3.8) is 0 Å². The van der Waals surface area contributed by atoms with Gasteiger partial charge in [-0.15, -0.1) is 5.10 Å². The van der Waals surface area contributed by atoms with Gasteiger partial charge in [-0.25, -0.2) is 9.07 Å². The molecule has 0 saturated carbocycles. The van der Waals surface area contributed by atoms with Gasteiger partial charge in [-0.2, -0.15) is 0 Å². The van der Waals surface area contributed by atoms with Gasteiger partial charge in [0, 0.05) is 0 Å². The number of nitrogens with zero attached hydrogens (tertiary/aromatic N) is 3. The molecule has 110 valence electrons. The maximum atomic E-state index is 13.3. The van der Waals surface area contributed by atoms with Gasteiger partial charge in [-0.05, 0) is 28.1 Å². The lowest BCUT2D eigenvalue weighted by Crippen LogP contribution is -2.23. The van der Waals surface area contributed by atoms with Crippen LogP contribution in [0.3, 0.4) is 0 Å². The van der Waals surface area contributed by atoms with Crippen molar-refractivity contribution in [2.45, 2.75) is 13.1 Å². The molecule has 7 nitrogen and oxygen atoms in total. The van der Waals surface area contributed by atoms with Crippen molar-refractivity contribution >= 4 is 27.8 Å². The highest BCUT2D eigenvalue weighted by Gasteiger charge is 2.13. The maximum absolute atomic E-state index is 13.3. The van der Waals surface area contributed by atoms with E-state index >= 15 is 0 Å². The van der Waals surface area contributed by atoms with Crippen LogP contribution >= 0.6 is 15.9 Å². The molecule has 1 aromatic carbocycles. The largest absolute Gasteiger partial charge is 0.480 e. The van der Waals surface area contributed by atoms with Gasteiger partial charge >= 0.3 is 5.97 Å². The number of nitrogens with one attached hydrogen (secondary N) is 1. The van der Waals surface area contributed by atoms with Crippen molar-refractivity contribution in [3.05, 3.63) is 45.9 Å². The van der Waals surface area contributed by atoms with Gasteiger partial charge < -0.3 is 10.4 Å². The molecule has 0 bridgehead atoms. The second-order valence-electron chi connectivity index (χ2n) is 4.09. The van der Waals surface area contributed by atoms with E-state index < -0.39 is 17.7 Å². The van der Waals surface area contributed by atoms with Crippen LogP contribution in [0.4, 0.5) is 4.39 Å². The number of carboxylic acids is 1. The second kappa shape index (κ2) is 6.44. The Hall–Kier alpha value is -2.29. The van der Waals surface area contributed by atoms with Crippen LogP contribution in [0.25, 0.3) is 0 Å². The Morgan fingerprint density at radius 3 is 2.90 bits per heavy atom. The molecule has 1 aromatic heterocycles. The molecule has 0 aliphatic rings.